The van der Waals surface area contributed by atoms with E-state index in [0.717, 1.165) is 5.56 Å². The molecule has 304 valence electrons. The Morgan fingerprint density at radius 3 is 1.28 bits per heavy atom. The molecular formula is C37H57N3O14. The van der Waals surface area contributed by atoms with Crippen LogP contribution in [0.2, 0.25) is 0 Å². The van der Waals surface area contributed by atoms with Gasteiger partial charge in [0.25, 0.3) is 0 Å². The molecule has 0 heterocycles. The minimum atomic E-state index is -1.18. The minimum Gasteiger partial charge on any atom is -0.481 e. The van der Waals surface area contributed by atoms with E-state index in [1.807, 2.05) is 60.7 Å². The summed E-state index contributed by atoms with van der Waals surface area (Å²) in [4.78, 5) is 74.0. The predicted molar refractivity (Wildman–Crippen MR) is 198 cm³/mol. The molecule has 0 bridgehead atoms. The number of aliphatic carboxylic acids is 3. The smallest absolute Gasteiger partial charge is 0.322 e. The van der Waals surface area contributed by atoms with Gasteiger partial charge in [-0.2, -0.15) is 0 Å². The molecule has 2 aromatic carbocycles. The third kappa shape index (κ3) is 31.8. The van der Waals surface area contributed by atoms with Crippen molar-refractivity contribution >= 4 is 41.2 Å². The number of rotatable bonds is 19. The first-order chi connectivity index (χ1) is 25.4. The summed E-state index contributed by atoms with van der Waals surface area (Å²) in [6.07, 6.45) is 0.170. The van der Waals surface area contributed by atoms with Crippen LogP contribution in [0.5, 0.6) is 0 Å². The van der Waals surface area contributed by atoms with Gasteiger partial charge in [0.2, 0.25) is 5.91 Å². The van der Waals surface area contributed by atoms with Gasteiger partial charge in [0, 0.05) is 46.6 Å². The van der Waals surface area contributed by atoms with Crippen molar-refractivity contribution < 1.29 is 68.6 Å². The second-order valence-electron chi connectivity index (χ2n) is 11.6. The quantitative estimate of drug-likeness (QED) is 0.0991. The molecule has 17 nitrogen and oxygen atoms in total. The molecule has 2 aromatic rings. The van der Waals surface area contributed by atoms with Crippen LogP contribution in [-0.2, 0) is 56.1 Å². The van der Waals surface area contributed by atoms with Crippen molar-refractivity contribution in [1.29, 1.82) is 0 Å². The molecule has 0 aliphatic heterocycles. The van der Waals surface area contributed by atoms with Crippen LogP contribution in [0.15, 0.2) is 60.7 Å². The Hall–Kier alpha value is -4.91. The second-order valence-corrected chi connectivity index (χ2v) is 11.6. The number of nitrogens with two attached hydrogens (primary N) is 2. The number of aliphatic hydroxyl groups is 2. The largest absolute Gasteiger partial charge is 0.481 e. The minimum absolute atomic E-state index is 0.00749. The van der Waals surface area contributed by atoms with Crippen molar-refractivity contribution in [3.8, 4) is 0 Å². The Balaban J connectivity index is -0.000000632. The molecular weight excluding hydrogens is 710 g/mol. The number of ether oxygens (including phenoxy) is 2. The molecule has 0 unspecified atom stereocenters. The Morgan fingerprint density at radius 2 is 1.00 bits per heavy atom. The third-order valence-electron chi connectivity index (χ3n) is 6.53. The number of nitrogens with one attached hydrogen (secondary N) is 1. The van der Waals surface area contributed by atoms with E-state index in [4.69, 9.17) is 41.7 Å². The van der Waals surface area contributed by atoms with Crippen molar-refractivity contribution in [2.45, 2.75) is 59.2 Å². The number of ketones is 3. The first-order valence-corrected chi connectivity index (χ1v) is 16.6. The molecule has 10 N–H and O–H groups in total. The number of methoxy groups -OCH3 is 2. The van der Waals surface area contributed by atoms with Crippen LogP contribution in [0.1, 0.15) is 51.2 Å². The summed E-state index contributed by atoms with van der Waals surface area (Å²) in [7, 11) is 2.94. The SMILES string of the molecule is CC(=O)C[C@H](CO)C(=O)O.COC[C@@H](CC(C)=O)C(=O)NCc1ccccc1.COC[C@@H](CC(C)=O)C(=O)O.NCc1ccccc1.N[C@H](CO)C(=O)O. The average Bonchev–Trinajstić information content (AvgIpc) is 3.13. The number of hydrogen-bond acceptors (Lipinski definition) is 13. The average molecular weight is 768 g/mol. The summed E-state index contributed by atoms with van der Waals surface area (Å²) in [5, 5.41) is 44.0. The first-order valence-electron chi connectivity index (χ1n) is 16.6. The van der Waals surface area contributed by atoms with Crippen LogP contribution in [0.3, 0.4) is 0 Å². The van der Waals surface area contributed by atoms with Gasteiger partial charge in [-0.05, 0) is 31.9 Å². The lowest BCUT2D eigenvalue weighted by molar-refractivity contribution is -0.145. The van der Waals surface area contributed by atoms with Crippen molar-refractivity contribution in [2.24, 2.45) is 29.2 Å². The van der Waals surface area contributed by atoms with Crippen LogP contribution >= 0.6 is 0 Å². The summed E-state index contributed by atoms with van der Waals surface area (Å²) in [6, 6.07) is 18.5. The molecule has 0 saturated heterocycles. The van der Waals surface area contributed by atoms with Gasteiger partial charge in [0.1, 0.15) is 23.4 Å². The highest BCUT2D eigenvalue weighted by molar-refractivity contribution is 5.86. The van der Waals surface area contributed by atoms with Gasteiger partial charge in [-0.3, -0.25) is 19.2 Å². The molecule has 17 heteroatoms. The number of hydrogen-bond donors (Lipinski definition) is 8. The fourth-order valence-corrected chi connectivity index (χ4v) is 3.74. The monoisotopic (exact) mass is 767 g/mol. The normalized spacial score (nSPS) is 11.9. The number of aliphatic hydroxyl groups excluding tert-OH is 2. The highest BCUT2D eigenvalue weighted by atomic mass is 16.5. The van der Waals surface area contributed by atoms with E-state index in [9.17, 15) is 33.6 Å². The van der Waals surface area contributed by atoms with Crippen LogP contribution in [0, 0.1) is 17.8 Å². The molecule has 54 heavy (non-hydrogen) atoms. The summed E-state index contributed by atoms with van der Waals surface area (Å²) in [5.74, 6) is -5.83. The summed E-state index contributed by atoms with van der Waals surface area (Å²) in [6.45, 7) is 4.63. The number of carbonyl (C=O) groups is 7. The van der Waals surface area contributed by atoms with Gasteiger partial charge in [-0.25, -0.2) is 0 Å². The second kappa shape index (κ2) is 33.9. The highest BCUT2D eigenvalue weighted by Gasteiger charge is 2.20. The van der Waals surface area contributed by atoms with Crippen LogP contribution < -0.4 is 16.8 Å². The van der Waals surface area contributed by atoms with Crippen LogP contribution in [-0.4, -0.2) is 113 Å². The Bertz CT molecular complexity index is 1360. The molecule has 2 rings (SSSR count). The maximum absolute atomic E-state index is 11.9. The van der Waals surface area contributed by atoms with Gasteiger partial charge in [-0.1, -0.05) is 60.7 Å². The summed E-state index contributed by atoms with van der Waals surface area (Å²) < 4.78 is 9.60. The zero-order valence-electron chi connectivity index (χ0n) is 31.5. The van der Waals surface area contributed by atoms with Gasteiger partial charge in [0.05, 0.1) is 44.2 Å². The van der Waals surface area contributed by atoms with Crippen molar-refractivity contribution in [3.63, 3.8) is 0 Å². The van der Waals surface area contributed by atoms with Crippen LogP contribution in [0.4, 0.5) is 0 Å². The number of carbonyl (C=O) groups excluding carboxylic acids is 4. The predicted octanol–water partition coefficient (Wildman–Crippen LogP) is 1.05. The van der Waals surface area contributed by atoms with Gasteiger partial charge >= 0.3 is 17.9 Å². The lowest BCUT2D eigenvalue weighted by Crippen LogP contribution is -2.33. The van der Waals surface area contributed by atoms with Crippen molar-refractivity contribution in [3.05, 3.63) is 71.8 Å². The maximum atomic E-state index is 11.9. The molecule has 0 saturated carbocycles. The van der Waals surface area contributed by atoms with Crippen molar-refractivity contribution in [2.75, 3.05) is 40.6 Å². The van der Waals surface area contributed by atoms with Gasteiger partial charge in [-0.15, -0.1) is 0 Å². The first kappa shape index (κ1) is 53.4. The molecule has 0 fully saturated rings. The molecule has 0 spiro atoms. The number of amides is 1. The van der Waals surface area contributed by atoms with E-state index in [1.165, 1.54) is 40.6 Å². The number of benzene rings is 2. The van der Waals surface area contributed by atoms with E-state index < -0.39 is 54.9 Å². The Labute approximate surface area is 315 Å². The molecule has 0 radical (unpaired) electrons. The molecule has 1 amide bonds. The van der Waals surface area contributed by atoms with Crippen LogP contribution in [0.25, 0.3) is 0 Å². The zero-order chi connectivity index (χ0) is 42.1. The number of carboxylic acids is 3. The van der Waals surface area contributed by atoms with E-state index in [1.54, 1.807) is 0 Å². The topological polar surface area (TPSA) is 303 Å². The maximum Gasteiger partial charge on any atom is 0.322 e. The third-order valence-corrected chi connectivity index (χ3v) is 6.53. The molecule has 0 aliphatic carbocycles. The molecule has 4 atom stereocenters. The van der Waals surface area contributed by atoms with Gasteiger partial charge < -0.3 is 66.2 Å². The summed E-state index contributed by atoms with van der Waals surface area (Å²) in [5.41, 5.74) is 12.3. The lowest BCUT2D eigenvalue weighted by Gasteiger charge is -2.14. The van der Waals surface area contributed by atoms with E-state index in [-0.39, 0.29) is 55.7 Å². The van der Waals surface area contributed by atoms with E-state index in [0.29, 0.717) is 13.1 Å². The number of Topliss-reactive ketones (excluding diaryl/α,β-unsaturated/α-hetero) is 3. The zero-order valence-corrected chi connectivity index (χ0v) is 31.5. The fraction of sp³-hybridized carbons (Fsp3) is 0.486. The van der Waals surface area contributed by atoms with E-state index in [2.05, 4.69) is 10.1 Å². The molecule has 0 aromatic heterocycles. The molecule has 0 aliphatic rings. The Morgan fingerprint density at radius 1 is 0.611 bits per heavy atom. The Kier molecular flexibility index (Phi) is 33.5. The highest BCUT2D eigenvalue weighted by Crippen LogP contribution is 2.07. The lowest BCUT2D eigenvalue weighted by atomic mass is 10.0. The number of carboxylic acid groups (broad SMARTS) is 3. The standard InChI is InChI=1S/C14H19NO3.C7H9N.C7H12O4.C6H10O4.C3H7NO3/c1-11(16)8-13(10-18-2)14(17)15-9-12-6-4-3-5-7-12;8-6-7-4-2-1-3-5-7;1-5(8)3-6(4-11-2)7(9)10;1-4(8)2-5(3-7)6(9)10;4-2(1-5)3(6)7/h3-7,13H,8-10H2,1-2H3,(H,15,17);1-5H,6,8H2;6H,3-4H2,1-2H3,(H,9,10);5,7H,2-3H2,1H3,(H,9,10);2,5H,1,4H2,(H,6,7)/t13-;;6-;5-;2-/m1.111/s1. The van der Waals surface area contributed by atoms with Crippen molar-refractivity contribution in [1.82, 2.24) is 5.32 Å². The fourth-order valence-electron chi connectivity index (χ4n) is 3.74. The summed E-state index contributed by atoms with van der Waals surface area (Å²) >= 11 is 0. The van der Waals surface area contributed by atoms with E-state index >= 15 is 0 Å². The van der Waals surface area contributed by atoms with Gasteiger partial charge in [0.15, 0.2) is 0 Å².